The Kier molecular flexibility index (Phi) is 7.05. The number of amides is 2. The standard InChI is InChI=1S/C10H15N3O4/c1-4-5-11-10(16)13-8(3)17-9(15)7(2)12-6-14/h4,7-8H,1,5H2,2-3H3,(H2,11,13,16). The van der Waals surface area contributed by atoms with Crippen LogP contribution < -0.4 is 10.6 Å². The van der Waals surface area contributed by atoms with Crippen molar-refractivity contribution in [3.8, 4) is 0 Å². The van der Waals surface area contributed by atoms with Gasteiger partial charge in [0.1, 0.15) is 0 Å². The van der Waals surface area contributed by atoms with Gasteiger partial charge in [0.25, 0.3) is 0 Å². The largest absolute Gasteiger partial charge is 0.440 e. The summed E-state index contributed by atoms with van der Waals surface area (Å²) in [5.74, 6) is -0.718. The Bertz CT molecular complexity index is 336. The van der Waals surface area contributed by atoms with Gasteiger partial charge in [0.15, 0.2) is 12.3 Å². The number of esters is 1. The van der Waals surface area contributed by atoms with Crippen molar-refractivity contribution >= 4 is 18.1 Å². The van der Waals surface area contributed by atoms with Crippen LogP contribution in [0, 0.1) is 0 Å². The van der Waals surface area contributed by atoms with Gasteiger partial charge in [0.05, 0.1) is 0 Å². The van der Waals surface area contributed by atoms with Gasteiger partial charge in [-0.05, 0) is 13.8 Å². The molecule has 2 amide bonds. The Morgan fingerprint density at radius 1 is 1.53 bits per heavy atom. The van der Waals surface area contributed by atoms with Crippen LogP contribution in [0.4, 0.5) is 4.79 Å². The van der Waals surface area contributed by atoms with Crippen molar-refractivity contribution in [2.45, 2.75) is 26.1 Å². The fourth-order valence-electron chi connectivity index (χ4n) is 0.834. The van der Waals surface area contributed by atoms with Crippen LogP contribution >= 0.6 is 0 Å². The van der Waals surface area contributed by atoms with E-state index in [0.29, 0.717) is 6.54 Å². The molecule has 0 rings (SSSR count). The molecule has 0 aliphatic heterocycles. The molecule has 0 aliphatic carbocycles. The Balaban J connectivity index is 4.04. The molecule has 0 spiro atoms. The van der Waals surface area contributed by atoms with Gasteiger partial charge in [-0.3, -0.25) is 0 Å². The molecule has 0 aliphatic rings. The minimum Gasteiger partial charge on any atom is -0.440 e. The lowest BCUT2D eigenvalue weighted by Crippen LogP contribution is -2.43. The highest BCUT2D eigenvalue weighted by Crippen LogP contribution is 1.95. The lowest BCUT2D eigenvalue weighted by atomic mass is 10.4. The molecule has 0 aromatic heterocycles. The predicted molar refractivity (Wildman–Crippen MR) is 59.9 cm³/mol. The van der Waals surface area contributed by atoms with E-state index in [4.69, 9.17) is 4.74 Å². The van der Waals surface area contributed by atoms with Gasteiger partial charge in [-0.1, -0.05) is 6.08 Å². The van der Waals surface area contributed by atoms with E-state index in [0.717, 1.165) is 0 Å². The number of carbonyl (C=O) groups is 2. The summed E-state index contributed by atoms with van der Waals surface area (Å²) in [6.45, 7) is 6.59. The molecule has 0 aromatic rings. The Hall–Kier alpha value is -2.14. The number of urea groups is 1. The summed E-state index contributed by atoms with van der Waals surface area (Å²) < 4.78 is 4.81. The topological polar surface area (TPSA) is 96.9 Å². The molecule has 0 fully saturated rings. The third-order valence-corrected chi connectivity index (χ3v) is 1.62. The van der Waals surface area contributed by atoms with Crippen molar-refractivity contribution in [3.05, 3.63) is 12.7 Å². The molecule has 7 heteroatoms. The number of isocyanates is 1. The zero-order chi connectivity index (χ0) is 13.3. The van der Waals surface area contributed by atoms with Crippen molar-refractivity contribution in [2.75, 3.05) is 6.54 Å². The second-order valence-corrected chi connectivity index (χ2v) is 3.12. The highest BCUT2D eigenvalue weighted by atomic mass is 16.6. The van der Waals surface area contributed by atoms with E-state index in [1.54, 1.807) is 0 Å². The number of nitrogens with zero attached hydrogens (tertiary/aromatic N) is 1. The quantitative estimate of drug-likeness (QED) is 0.226. The number of nitrogens with one attached hydrogen (secondary N) is 2. The van der Waals surface area contributed by atoms with Crippen LogP contribution in [0.15, 0.2) is 17.6 Å². The van der Waals surface area contributed by atoms with E-state index in [9.17, 15) is 14.4 Å². The summed E-state index contributed by atoms with van der Waals surface area (Å²) >= 11 is 0. The average molecular weight is 241 g/mol. The summed E-state index contributed by atoms with van der Waals surface area (Å²) in [5, 5.41) is 4.81. The third-order valence-electron chi connectivity index (χ3n) is 1.62. The van der Waals surface area contributed by atoms with Crippen LogP contribution in [0.25, 0.3) is 0 Å². The maximum atomic E-state index is 11.3. The van der Waals surface area contributed by atoms with E-state index in [2.05, 4.69) is 22.2 Å². The molecule has 0 aromatic carbocycles. The maximum absolute atomic E-state index is 11.3. The predicted octanol–water partition coefficient (Wildman–Crippen LogP) is 0.0851. The minimum absolute atomic E-state index is 0.304. The smallest absolute Gasteiger partial charge is 0.333 e. The lowest BCUT2D eigenvalue weighted by Gasteiger charge is -2.15. The first-order valence-corrected chi connectivity index (χ1v) is 4.94. The van der Waals surface area contributed by atoms with E-state index in [1.807, 2.05) is 0 Å². The van der Waals surface area contributed by atoms with Crippen LogP contribution in [0.2, 0.25) is 0 Å². The normalized spacial score (nSPS) is 12.6. The minimum atomic E-state index is -0.937. The third kappa shape index (κ3) is 6.86. The Morgan fingerprint density at radius 3 is 2.71 bits per heavy atom. The number of aliphatic imine (C=N–C) groups is 1. The zero-order valence-corrected chi connectivity index (χ0v) is 9.73. The van der Waals surface area contributed by atoms with E-state index in [-0.39, 0.29) is 0 Å². The molecule has 0 saturated heterocycles. The molecular weight excluding hydrogens is 226 g/mol. The molecule has 17 heavy (non-hydrogen) atoms. The molecule has 0 saturated carbocycles. The van der Waals surface area contributed by atoms with Gasteiger partial charge < -0.3 is 15.4 Å². The summed E-state index contributed by atoms with van der Waals surface area (Å²) in [4.78, 5) is 35.5. The highest BCUT2D eigenvalue weighted by Gasteiger charge is 2.17. The Labute approximate surface area is 98.9 Å². The van der Waals surface area contributed by atoms with Gasteiger partial charge in [-0.2, -0.15) is 4.99 Å². The summed E-state index contributed by atoms with van der Waals surface area (Å²) in [6, 6.07) is -1.43. The Morgan fingerprint density at radius 2 is 2.18 bits per heavy atom. The lowest BCUT2D eigenvalue weighted by molar-refractivity contribution is -0.150. The van der Waals surface area contributed by atoms with E-state index >= 15 is 0 Å². The molecule has 94 valence electrons. The molecule has 0 heterocycles. The van der Waals surface area contributed by atoms with Gasteiger partial charge in [-0.25, -0.2) is 14.4 Å². The van der Waals surface area contributed by atoms with E-state index in [1.165, 1.54) is 26.0 Å². The number of rotatable bonds is 6. The monoisotopic (exact) mass is 241 g/mol. The number of ether oxygens (including phenoxy) is 1. The number of hydrogen-bond donors (Lipinski definition) is 2. The van der Waals surface area contributed by atoms with Crippen LogP contribution in [0.3, 0.4) is 0 Å². The van der Waals surface area contributed by atoms with Crippen LogP contribution in [0.5, 0.6) is 0 Å². The molecule has 0 radical (unpaired) electrons. The first-order valence-electron chi connectivity index (χ1n) is 4.94. The molecular formula is C10H15N3O4. The summed E-state index contributed by atoms with van der Waals surface area (Å²) in [5.41, 5.74) is 0. The first-order chi connectivity index (χ1) is 8.01. The van der Waals surface area contributed by atoms with Gasteiger partial charge >= 0.3 is 12.0 Å². The molecule has 2 atom stereocenters. The van der Waals surface area contributed by atoms with Gasteiger partial charge in [0.2, 0.25) is 6.08 Å². The summed E-state index contributed by atoms with van der Waals surface area (Å²) in [6.07, 6.45) is 1.94. The second-order valence-electron chi connectivity index (χ2n) is 3.12. The first kappa shape index (κ1) is 14.9. The SMILES string of the molecule is C=CCNC(=O)NC(C)OC(=O)C(C)N=C=O. The number of carbonyl (C=O) groups excluding carboxylic acids is 3. The van der Waals surface area contributed by atoms with Crippen molar-refractivity contribution in [3.63, 3.8) is 0 Å². The zero-order valence-electron chi connectivity index (χ0n) is 9.73. The molecule has 7 nitrogen and oxygen atoms in total. The fourth-order valence-corrected chi connectivity index (χ4v) is 0.834. The second kappa shape index (κ2) is 8.06. The van der Waals surface area contributed by atoms with Crippen LogP contribution in [-0.2, 0) is 14.3 Å². The molecule has 2 N–H and O–H groups in total. The average Bonchev–Trinajstić information content (AvgIpc) is 2.26. The van der Waals surface area contributed by atoms with Crippen molar-refractivity contribution in [1.29, 1.82) is 0 Å². The highest BCUT2D eigenvalue weighted by molar-refractivity contribution is 5.77. The summed E-state index contributed by atoms with van der Waals surface area (Å²) in [7, 11) is 0. The molecule has 2 unspecified atom stereocenters. The number of hydrogen-bond acceptors (Lipinski definition) is 5. The van der Waals surface area contributed by atoms with Crippen molar-refractivity contribution < 1.29 is 19.1 Å². The van der Waals surface area contributed by atoms with Crippen molar-refractivity contribution in [1.82, 2.24) is 10.6 Å². The molecule has 0 bridgehead atoms. The maximum Gasteiger partial charge on any atom is 0.333 e. The van der Waals surface area contributed by atoms with Crippen LogP contribution in [0.1, 0.15) is 13.8 Å². The van der Waals surface area contributed by atoms with Crippen LogP contribution in [-0.4, -0.2) is 36.9 Å². The van der Waals surface area contributed by atoms with Crippen molar-refractivity contribution in [2.24, 2.45) is 4.99 Å². The van der Waals surface area contributed by atoms with Gasteiger partial charge in [0, 0.05) is 6.54 Å². The van der Waals surface area contributed by atoms with Gasteiger partial charge in [-0.15, -0.1) is 6.58 Å². The van der Waals surface area contributed by atoms with E-state index < -0.39 is 24.3 Å². The fraction of sp³-hybridized carbons (Fsp3) is 0.500.